The van der Waals surface area contributed by atoms with E-state index in [0.717, 1.165) is 5.69 Å². The van der Waals surface area contributed by atoms with E-state index in [9.17, 15) is 13.2 Å². The molecular formula is C14H17F3N4O. The number of aryl methyl sites for hydroxylation is 1. The van der Waals surface area contributed by atoms with E-state index in [1.54, 1.807) is 17.9 Å². The Morgan fingerprint density at radius 2 is 2.00 bits per heavy atom. The first-order valence-electron chi connectivity index (χ1n) is 7.19. The van der Waals surface area contributed by atoms with Gasteiger partial charge >= 0.3 is 6.18 Å². The van der Waals surface area contributed by atoms with Gasteiger partial charge in [0.25, 0.3) is 0 Å². The molecule has 1 saturated carbocycles. The van der Waals surface area contributed by atoms with E-state index in [4.69, 9.17) is 4.52 Å². The van der Waals surface area contributed by atoms with Gasteiger partial charge in [0.1, 0.15) is 5.41 Å². The second-order valence-electron chi connectivity index (χ2n) is 6.11. The molecule has 0 aromatic carbocycles. The fourth-order valence-electron chi connectivity index (χ4n) is 2.78. The summed E-state index contributed by atoms with van der Waals surface area (Å²) in [5, 5.41) is 8.08. The molecule has 2 aromatic rings. The minimum absolute atomic E-state index is 0.00219. The number of nitrogens with zero attached hydrogens (tertiary/aromatic N) is 4. The number of hydrogen-bond donors (Lipinski definition) is 0. The summed E-state index contributed by atoms with van der Waals surface area (Å²) in [6.07, 6.45) is -2.15. The van der Waals surface area contributed by atoms with Gasteiger partial charge < -0.3 is 4.52 Å². The van der Waals surface area contributed by atoms with Crippen LogP contribution in [-0.4, -0.2) is 26.1 Å². The molecule has 2 aromatic heterocycles. The van der Waals surface area contributed by atoms with E-state index in [2.05, 4.69) is 15.2 Å². The smallest absolute Gasteiger partial charge is 0.338 e. The highest BCUT2D eigenvalue weighted by molar-refractivity contribution is 5.57. The summed E-state index contributed by atoms with van der Waals surface area (Å²) < 4.78 is 46.5. The van der Waals surface area contributed by atoms with E-state index in [0.29, 0.717) is 12.0 Å². The van der Waals surface area contributed by atoms with E-state index >= 15 is 0 Å². The van der Waals surface area contributed by atoms with Crippen LogP contribution in [0.15, 0.2) is 10.7 Å². The summed E-state index contributed by atoms with van der Waals surface area (Å²) in [6, 6.07) is 0. The zero-order chi connectivity index (χ0) is 16.1. The van der Waals surface area contributed by atoms with Crippen molar-refractivity contribution in [3.63, 3.8) is 0 Å². The third-order valence-electron chi connectivity index (χ3n) is 4.23. The van der Waals surface area contributed by atoms with Crippen LogP contribution < -0.4 is 0 Å². The molecule has 1 fully saturated rings. The van der Waals surface area contributed by atoms with Gasteiger partial charge in [0.05, 0.1) is 11.3 Å². The molecule has 3 rings (SSSR count). The fraction of sp³-hybridized carbons (Fsp3) is 0.643. The molecule has 0 atom stereocenters. The summed E-state index contributed by atoms with van der Waals surface area (Å²) in [6.45, 7) is 3.91. The molecule has 120 valence electrons. The minimum atomic E-state index is -4.37. The molecule has 22 heavy (non-hydrogen) atoms. The Morgan fingerprint density at radius 3 is 2.50 bits per heavy atom. The highest BCUT2D eigenvalue weighted by Crippen LogP contribution is 2.54. The molecule has 0 unspecified atom stereocenters. The molecule has 1 aliphatic rings. The van der Waals surface area contributed by atoms with Crippen molar-refractivity contribution < 1.29 is 17.7 Å². The molecule has 0 bridgehead atoms. The number of halogens is 3. The van der Waals surface area contributed by atoms with Gasteiger partial charge in [0.2, 0.25) is 11.7 Å². The maximum Gasteiger partial charge on any atom is 0.403 e. The van der Waals surface area contributed by atoms with Gasteiger partial charge in [-0.25, -0.2) is 0 Å². The summed E-state index contributed by atoms with van der Waals surface area (Å²) in [5.41, 5.74) is -0.619. The first kappa shape index (κ1) is 15.1. The van der Waals surface area contributed by atoms with E-state index in [1.165, 1.54) is 0 Å². The van der Waals surface area contributed by atoms with Crippen LogP contribution >= 0.6 is 0 Å². The standard InChI is InChI=1S/C14H17F3N4O/c1-8(2)10-9(7-21(3)19-10)11-18-12(22-20-11)13(5-4-6-13)14(15,16)17/h7-8H,4-6H2,1-3H3. The predicted molar refractivity (Wildman–Crippen MR) is 72.2 cm³/mol. The topological polar surface area (TPSA) is 56.7 Å². The molecule has 8 heteroatoms. The van der Waals surface area contributed by atoms with Crippen LogP contribution in [0.25, 0.3) is 11.4 Å². The van der Waals surface area contributed by atoms with Crippen LogP contribution in [0.4, 0.5) is 13.2 Å². The van der Waals surface area contributed by atoms with Gasteiger partial charge in [-0.3, -0.25) is 4.68 Å². The first-order valence-corrected chi connectivity index (χ1v) is 7.19. The molecule has 0 aliphatic heterocycles. The number of rotatable bonds is 3. The van der Waals surface area contributed by atoms with Gasteiger partial charge in [-0.15, -0.1) is 0 Å². The van der Waals surface area contributed by atoms with E-state index in [1.807, 2.05) is 13.8 Å². The van der Waals surface area contributed by atoms with E-state index < -0.39 is 11.6 Å². The number of aromatic nitrogens is 4. The van der Waals surface area contributed by atoms with Crippen LogP contribution in [0.5, 0.6) is 0 Å². The molecular weight excluding hydrogens is 297 g/mol. The average molecular weight is 314 g/mol. The van der Waals surface area contributed by atoms with Gasteiger partial charge in [-0.05, 0) is 18.8 Å². The molecule has 0 N–H and O–H groups in total. The Balaban J connectivity index is 2.02. The zero-order valence-electron chi connectivity index (χ0n) is 12.6. The zero-order valence-corrected chi connectivity index (χ0v) is 12.6. The molecule has 0 saturated heterocycles. The van der Waals surface area contributed by atoms with Gasteiger partial charge in [-0.2, -0.15) is 23.3 Å². The van der Waals surface area contributed by atoms with Crippen LogP contribution in [0.2, 0.25) is 0 Å². The van der Waals surface area contributed by atoms with Gasteiger partial charge in [0.15, 0.2) is 0 Å². The van der Waals surface area contributed by atoms with Gasteiger partial charge in [-0.1, -0.05) is 25.4 Å². The molecule has 1 aliphatic carbocycles. The van der Waals surface area contributed by atoms with Crippen LogP contribution in [0.3, 0.4) is 0 Å². The van der Waals surface area contributed by atoms with Crippen molar-refractivity contribution in [2.45, 2.75) is 50.6 Å². The molecule has 5 nitrogen and oxygen atoms in total. The van der Waals surface area contributed by atoms with Gasteiger partial charge in [0, 0.05) is 13.2 Å². The summed E-state index contributed by atoms with van der Waals surface area (Å²) >= 11 is 0. The maximum absolute atomic E-state index is 13.3. The van der Waals surface area contributed by atoms with Crippen molar-refractivity contribution in [1.82, 2.24) is 19.9 Å². The minimum Gasteiger partial charge on any atom is -0.338 e. The van der Waals surface area contributed by atoms with Crippen molar-refractivity contribution in [3.8, 4) is 11.4 Å². The van der Waals surface area contributed by atoms with E-state index in [-0.39, 0.29) is 30.5 Å². The average Bonchev–Trinajstić information content (AvgIpc) is 2.92. The molecule has 2 heterocycles. The third kappa shape index (κ3) is 2.12. The SMILES string of the molecule is CC(C)c1nn(C)cc1-c1noc(C2(C(F)(F)F)CCC2)n1. The largest absolute Gasteiger partial charge is 0.403 e. The Bertz CT molecular complexity index is 683. The highest BCUT2D eigenvalue weighted by Gasteiger charge is 2.63. The van der Waals surface area contributed by atoms with Crippen molar-refractivity contribution in [2.24, 2.45) is 7.05 Å². The summed E-state index contributed by atoms with van der Waals surface area (Å²) in [4.78, 5) is 4.05. The van der Waals surface area contributed by atoms with Crippen LogP contribution in [-0.2, 0) is 12.5 Å². The van der Waals surface area contributed by atoms with Crippen LogP contribution in [0, 0.1) is 0 Å². The number of alkyl halides is 3. The lowest BCUT2D eigenvalue weighted by atomic mass is 9.68. The summed E-state index contributed by atoms with van der Waals surface area (Å²) in [7, 11) is 1.75. The predicted octanol–water partition coefficient (Wildman–Crippen LogP) is 3.58. The normalized spacial score (nSPS) is 17.8. The highest BCUT2D eigenvalue weighted by atomic mass is 19.4. The maximum atomic E-state index is 13.3. The Hall–Kier alpha value is -1.86. The number of hydrogen-bond acceptors (Lipinski definition) is 4. The molecule has 0 amide bonds. The Kier molecular flexibility index (Phi) is 3.30. The Labute approximate surface area is 125 Å². The second-order valence-corrected chi connectivity index (χ2v) is 6.11. The molecule has 0 spiro atoms. The quantitative estimate of drug-likeness (QED) is 0.869. The summed E-state index contributed by atoms with van der Waals surface area (Å²) in [5.74, 6) is -0.0550. The lowest BCUT2D eigenvalue weighted by Crippen LogP contribution is -2.48. The lowest BCUT2D eigenvalue weighted by Gasteiger charge is -2.39. The van der Waals surface area contributed by atoms with Crippen LogP contribution in [0.1, 0.15) is 50.6 Å². The Morgan fingerprint density at radius 1 is 1.32 bits per heavy atom. The second kappa shape index (κ2) is 4.82. The van der Waals surface area contributed by atoms with Crippen molar-refractivity contribution >= 4 is 0 Å². The molecule has 0 radical (unpaired) electrons. The fourth-order valence-corrected chi connectivity index (χ4v) is 2.78. The lowest BCUT2D eigenvalue weighted by molar-refractivity contribution is -0.220. The van der Waals surface area contributed by atoms with Crippen molar-refractivity contribution in [2.75, 3.05) is 0 Å². The first-order chi connectivity index (χ1) is 10.2. The van der Waals surface area contributed by atoms with Crippen molar-refractivity contribution in [1.29, 1.82) is 0 Å². The monoisotopic (exact) mass is 314 g/mol. The third-order valence-corrected chi connectivity index (χ3v) is 4.23. The van der Waals surface area contributed by atoms with Crippen molar-refractivity contribution in [3.05, 3.63) is 17.8 Å².